The average Bonchev–Trinajstić information content (AvgIpc) is 2.43. The summed E-state index contributed by atoms with van der Waals surface area (Å²) < 4.78 is 5.41. The lowest BCUT2D eigenvalue weighted by Gasteiger charge is -2.21. The molecule has 0 saturated heterocycles. The quantitative estimate of drug-likeness (QED) is 0.796. The molecule has 0 spiro atoms. The Labute approximate surface area is 116 Å². The Kier molecular flexibility index (Phi) is 6.32. The maximum absolute atomic E-state index is 9.75. The van der Waals surface area contributed by atoms with Crippen molar-refractivity contribution in [3.63, 3.8) is 0 Å². The van der Waals surface area contributed by atoms with Crippen LogP contribution in [0.3, 0.4) is 0 Å². The number of hydrogen-bond donors (Lipinski definition) is 2. The summed E-state index contributed by atoms with van der Waals surface area (Å²) >= 11 is 0. The van der Waals surface area contributed by atoms with Crippen LogP contribution in [-0.2, 0) is 0 Å². The second-order valence-corrected chi connectivity index (χ2v) is 5.39. The minimum Gasteiger partial charge on any atom is -0.496 e. The van der Waals surface area contributed by atoms with Crippen LogP contribution in [0.15, 0.2) is 18.2 Å². The Hall–Kier alpha value is -1.06. The number of benzene rings is 1. The van der Waals surface area contributed by atoms with Gasteiger partial charge in [0.1, 0.15) is 5.75 Å². The van der Waals surface area contributed by atoms with E-state index >= 15 is 0 Å². The van der Waals surface area contributed by atoms with E-state index in [0.29, 0.717) is 18.4 Å². The van der Waals surface area contributed by atoms with Crippen molar-refractivity contribution >= 4 is 0 Å². The van der Waals surface area contributed by atoms with E-state index in [1.807, 2.05) is 6.07 Å². The zero-order valence-corrected chi connectivity index (χ0v) is 12.5. The maximum atomic E-state index is 9.75. The van der Waals surface area contributed by atoms with Crippen molar-refractivity contribution in [2.24, 2.45) is 5.73 Å². The third-order valence-electron chi connectivity index (χ3n) is 3.67. The first kappa shape index (κ1) is 16.0. The molecule has 0 radical (unpaired) electrons. The third kappa shape index (κ3) is 4.22. The van der Waals surface area contributed by atoms with Crippen molar-refractivity contribution in [1.82, 2.24) is 0 Å². The Morgan fingerprint density at radius 1 is 1.32 bits per heavy atom. The number of aliphatic hydroxyl groups excluding tert-OH is 1. The molecule has 0 aliphatic heterocycles. The molecule has 3 nitrogen and oxygen atoms in total. The molecule has 0 amide bonds. The second-order valence-electron chi connectivity index (χ2n) is 5.39. The number of aliphatic hydroxyl groups is 1. The molecule has 0 fully saturated rings. The van der Waals surface area contributed by atoms with E-state index in [2.05, 4.69) is 32.9 Å². The predicted octanol–water partition coefficient (Wildman–Crippen LogP) is 3.02. The minimum atomic E-state index is -0.422. The first-order valence-electron chi connectivity index (χ1n) is 7.09. The van der Waals surface area contributed by atoms with Crippen molar-refractivity contribution < 1.29 is 9.84 Å². The molecular weight excluding hydrogens is 238 g/mol. The SMILES string of the molecule is CCC(CC(O)CN)c1ccc(OC)c(C(C)C)c1. The van der Waals surface area contributed by atoms with Crippen LogP contribution in [0.1, 0.15) is 56.6 Å². The zero-order valence-electron chi connectivity index (χ0n) is 12.5. The van der Waals surface area contributed by atoms with Gasteiger partial charge in [0.25, 0.3) is 0 Å². The summed E-state index contributed by atoms with van der Waals surface area (Å²) in [5, 5.41) is 9.75. The average molecular weight is 265 g/mol. The standard InChI is InChI=1S/C16H27NO2/c1-5-12(8-14(18)10-17)13-6-7-16(19-4)15(9-13)11(2)3/h6-7,9,11-12,14,18H,5,8,10,17H2,1-4H3. The number of nitrogens with two attached hydrogens (primary N) is 1. The van der Waals surface area contributed by atoms with Gasteiger partial charge in [-0.15, -0.1) is 0 Å². The fraction of sp³-hybridized carbons (Fsp3) is 0.625. The summed E-state index contributed by atoms with van der Waals surface area (Å²) in [7, 11) is 1.70. The molecule has 3 N–H and O–H groups in total. The summed E-state index contributed by atoms with van der Waals surface area (Å²) in [6, 6.07) is 6.34. The monoisotopic (exact) mass is 265 g/mol. The molecule has 1 rings (SSSR count). The van der Waals surface area contributed by atoms with Gasteiger partial charge in [0.2, 0.25) is 0 Å². The predicted molar refractivity (Wildman–Crippen MR) is 79.8 cm³/mol. The first-order chi connectivity index (χ1) is 9.03. The van der Waals surface area contributed by atoms with Gasteiger partial charge in [0, 0.05) is 6.54 Å². The van der Waals surface area contributed by atoms with Gasteiger partial charge in [-0.3, -0.25) is 0 Å². The van der Waals surface area contributed by atoms with Crippen LogP contribution in [0, 0.1) is 0 Å². The molecule has 108 valence electrons. The highest BCUT2D eigenvalue weighted by atomic mass is 16.5. The molecule has 0 bridgehead atoms. The third-order valence-corrected chi connectivity index (χ3v) is 3.67. The maximum Gasteiger partial charge on any atom is 0.122 e. The molecule has 3 heteroatoms. The smallest absolute Gasteiger partial charge is 0.122 e. The van der Waals surface area contributed by atoms with Gasteiger partial charge in [0.05, 0.1) is 13.2 Å². The van der Waals surface area contributed by atoms with Crippen LogP contribution in [0.2, 0.25) is 0 Å². The van der Waals surface area contributed by atoms with Crippen LogP contribution in [0.4, 0.5) is 0 Å². The highest BCUT2D eigenvalue weighted by Crippen LogP contribution is 2.32. The molecule has 19 heavy (non-hydrogen) atoms. The lowest BCUT2D eigenvalue weighted by Crippen LogP contribution is -2.22. The van der Waals surface area contributed by atoms with E-state index in [0.717, 1.165) is 18.6 Å². The van der Waals surface area contributed by atoms with Crippen LogP contribution < -0.4 is 10.5 Å². The van der Waals surface area contributed by atoms with Gasteiger partial charge < -0.3 is 15.6 Å². The topological polar surface area (TPSA) is 55.5 Å². The van der Waals surface area contributed by atoms with Crippen molar-refractivity contribution in [3.05, 3.63) is 29.3 Å². The Morgan fingerprint density at radius 2 is 2.00 bits per heavy atom. The lowest BCUT2D eigenvalue weighted by atomic mass is 9.88. The molecular formula is C16H27NO2. The van der Waals surface area contributed by atoms with E-state index in [1.165, 1.54) is 11.1 Å². The van der Waals surface area contributed by atoms with Crippen molar-refractivity contribution in [1.29, 1.82) is 0 Å². The summed E-state index contributed by atoms with van der Waals surface area (Å²) in [5.41, 5.74) is 7.99. The van der Waals surface area contributed by atoms with E-state index in [4.69, 9.17) is 10.5 Å². The van der Waals surface area contributed by atoms with E-state index < -0.39 is 6.10 Å². The zero-order chi connectivity index (χ0) is 14.4. The number of hydrogen-bond acceptors (Lipinski definition) is 3. The van der Waals surface area contributed by atoms with Gasteiger partial charge in [-0.25, -0.2) is 0 Å². The largest absolute Gasteiger partial charge is 0.496 e. The van der Waals surface area contributed by atoms with Gasteiger partial charge in [-0.2, -0.15) is 0 Å². The summed E-state index contributed by atoms with van der Waals surface area (Å²) in [6.45, 7) is 6.80. The summed E-state index contributed by atoms with van der Waals surface area (Å²) in [4.78, 5) is 0. The minimum absolute atomic E-state index is 0.323. The summed E-state index contributed by atoms with van der Waals surface area (Å²) in [5.74, 6) is 1.71. The Bertz CT molecular complexity index is 390. The molecule has 1 aromatic carbocycles. The fourth-order valence-electron chi connectivity index (χ4n) is 2.42. The molecule has 2 unspecified atom stereocenters. The Morgan fingerprint density at radius 3 is 2.47 bits per heavy atom. The van der Waals surface area contributed by atoms with E-state index in [-0.39, 0.29) is 0 Å². The van der Waals surface area contributed by atoms with Crippen LogP contribution in [0.5, 0.6) is 5.75 Å². The molecule has 2 atom stereocenters. The molecule has 0 saturated carbocycles. The van der Waals surface area contributed by atoms with Gasteiger partial charge in [-0.05, 0) is 41.9 Å². The first-order valence-corrected chi connectivity index (χ1v) is 7.09. The van der Waals surface area contributed by atoms with Gasteiger partial charge in [0.15, 0.2) is 0 Å². The molecule has 0 aliphatic carbocycles. The second kappa shape index (κ2) is 7.51. The number of methoxy groups -OCH3 is 1. The highest BCUT2D eigenvalue weighted by molar-refractivity contribution is 5.40. The number of rotatable bonds is 7. The van der Waals surface area contributed by atoms with Gasteiger partial charge >= 0.3 is 0 Å². The van der Waals surface area contributed by atoms with Crippen LogP contribution >= 0.6 is 0 Å². The van der Waals surface area contributed by atoms with E-state index in [1.54, 1.807) is 7.11 Å². The molecule has 0 aromatic heterocycles. The highest BCUT2D eigenvalue weighted by Gasteiger charge is 2.16. The van der Waals surface area contributed by atoms with Crippen LogP contribution in [-0.4, -0.2) is 24.9 Å². The van der Waals surface area contributed by atoms with Crippen molar-refractivity contribution in [3.8, 4) is 5.75 Å². The van der Waals surface area contributed by atoms with Crippen molar-refractivity contribution in [2.45, 2.75) is 51.6 Å². The van der Waals surface area contributed by atoms with E-state index in [9.17, 15) is 5.11 Å². The number of ether oxygens (including phenoxy) is 1. The molecule has 0 heterocycles. The fourth-order valence-corrected chi connectivity index (χ4v) is 2.42. The normalized spacial score (nSPS) is 14.5. The molecule has 1 aromatic rings. The lowest BCUT2D eigenvalue weighted by molar-refractivity contribution is 0.162. The van der Waals surface area contributed by atoms with Crippen molar-refractivity contribution in [2.75, 3.05) is 13.7 Å². The van der Waals surface area contributed by atoms with Crippen LogP contribution in [0.25, 0.3) is 0 Å². The molecule has 0 aliphatic rings. The Balaban J connectivity index is 3.01. The van der Waals surface area contributed by atoms with Gasteiger partial charge in [-0.1, -0.05) is 32.9 Å². The summed E-state index contributed by atoms with van der Waals surface area (Å²) in [6.07, 6.45) is 1.30.